The maximum absolute atomic E-state index is 13.1. The number of hydrogen-bond donors (Lipinski definition) is 2. The van der Waals surface area contributed by atoms with Gasteiger partial charge in [0.2, 0.25) is 5.91 Å². The fraction of sp³-hybridized carbons (Fsp3) is 0.519. The lowest BCUT2D eigenvalue weighted by Crippen LogP contribution is -2.50. The van der Waals surface area contributed by atoms with Crippen LogP contribution in [0.2, 0.25) is 0 Å². The summed E-state index contributed by atoms with van der Waals surface area (Å²) in [5.41, 5.74) is 5.74. The van der Waals surface area contributed by atoms with Crippen LogP contribution in [0.4, 0.5) is 30.2 Å². The number of carbonyl (C=O) groups excluding carboxylic acids is 1. The second-order valence-corrected chi connectivity index (χ2v) is 9.63. The SMILES string of the molecule is COc1ccc(N2CCN(C(=O)COC3CCC(Nc4ccc(N)c(C(F)(F)F)c4)CC3)CC2)c(OC)c1. The van der Waals surface area contributed by atoms with E-state index < -0.39 is 11.7 Å². The number of piperazine rings is 1. The zero-order valence-corrected chi connectivity index (χ0v) is 21.7. The fourth-order valence-corrected chi connectivity index (χ4v) is 5.02. The number of nitrogens with two attached hydrogens (primary N) is 1. The van der Waals surface area contributed by atoms with Gasteiger partial charge in [-0.05, 0) is 56.0 Å². The van der Waals surface area contributed by atoms with E-state index in [4.69, 9.17) is 19.9 Å². The van der Waals surface area contributed by atoms with Gasteiger partial charge in [0.15, 0.2) is 0 Å². The zero-order valence-electron chi connectivity index (χ0n) is 21.7. The molecular weight excluding hydrogens is 501 g/mol. The summed E-state index contributed by atoms with van der Waals surface area (Å²) in [4.78, 5) is 16.8. The van der Waals surface area contributed by atoms with Gasteiger partial charge >= 0.3 is 6.18 Å². The predicted molar refractivity (Wildman–Crippen MR) is 140 cm³/mol. The molecule has 0 spiro atoms. The van der Waals surface area contributed by atoms with E-state index in [9.17, 15) is 18.0 Å². The number of hydrogen-bond acceptors (Lipinski definition) is 7. The Labute approximate surface area is 220 Å². The quantitative estimate of drug-likeness (QED) is 0.484. The summed E-state index contributed by atoms with van der Waals surface area (Å²) in [6.45, 7) is 2.59. The second-order valence-electron chi connectivity index (χ2n) is 9.63. The van der Waals surface area contributed by atoms with E-state index in [1.807, 2.05) is 23.1 Å². The lowest BCUT2D eigenvalue weighted by atomic mass is 9.92. The minimum absolute atomic E-state index is 0.0293. The van der Waals surface area contributed by atoms with Crippen molar-refractivity contribution in [3.8, 4) is 11.5 Å². The van der Waals surface area contributed by atoms with Crippen LogP contribution in [0.15, 0.2) is 36.4 Å². The largest absolute Gasteiger partial charge is 0.497 e. The number of alkyl halides is 3. The van der Waals surface area contributed by atoms with Crippen LogP contribution in [-0.4, -0.2) is 70.0 Å². The van der Waals surface area contributed by atoms with Crippen LogP contribution < -0.4 is 25.4 Å². The maximum Gasteiger partial charge on any atom is 0.418 e. The van der Waals surface area contributed by atoms with Gasteiger partial charge in [0.05, 0.1) is 31.6 Å². The number of carbonyl (C=O) groups is 1. The summed E-state index contributed by atoms with van der Waals surface area (Å²) in [5, 5.41) is 3.18. The van der Waals surface area contributed by atoms with E-state index in [0.717, 1.165) is 48.9 Å². The fourth-order valence-electron chi connectivity index (χ4n) is 5.02. The minimum atomic E-state index is -4.49. The number of nitrogens with zero attached hydrogens (tertiary/aromatic N) is 2. The normalized spacial score (nSPS) is 20.2. The van der Waals surface area contributed by atoms with Gasteiger partial charge in [0.1, 0.15) is 18.1 Å². The Balaban J connectivity index is 1.19. The molecule has 2 aromatic carbocycles. The molecule has 0 bridgehead atoms. The Morgan fingerprint density at radius 2 is 1.71 bits per heavy atom. The van der Waals surface area contributed by atoms with Gasteiger partial charge in [0, 0.05) is 49.7 Å². The molecule has 0 atom stereocenters. The molecule has 1 amide bonds. The number of ether oxygens (including phenoxy) is 3. The second kappa shape index (κ2) is 12.0. The zero-order chi connectivity index (χ0) is 27.3. The highest BCUT2D eigenvalue weighted by Crippen LogP contribution is 2.36. The predicted octanol–water partition coefficient (Wildman–Crippen LogP) is 4.39. The number of benzene rings is 2. The van der Waals surface area contributed by atoms with Crippen molar-refractivity contribution < 1.29 is 32.2 Å². The lowest BCUT2D eigenvalue weighted by molar-refractivity contribution is -0.139. The topological polar surface area (TPSA) is 89.3 Å². The summed E-state index contributed by atoms with van der Waals surface area (Å²) in [7, 11) is 3.24. The van der Waals surface area contributed by atoms with E-state index in [1.165, 1.54) is 6.07 Å². The molecule has 0 aromatic heterocycles. The highest BCUT2D eigenvalue weighted by molar-refractivity contribution is 5.78. The molecule has 1 aliphatic carbocycles. The highest BCUT2D eigenvalue weighted by Gasteiger charge is 2.33. The van der Waals surface area contributed by atoms with Crippen molar-refractivity contribution in [2.24, 2.45) is 0 Å². The van der Waals surface area contributed by atoms with Crippen molar-refractivity contribution in [2.75, 3.05) is 63.0 Å². The third-order valence-electron chi connectivity index (χ3n) is 7.21. The van der Waals surface area contributed by atoms with E-state index in [0.29, 0.717) is 31.9 Å². The molecule has 3 N–H and O–H groups in total. The molecule has 1 aliphatic heterocycles. The van der Waals surface area contributed by atoms with E-state index in [-0.39, 0.29) is 30.3 Å². The smallest absolute Gasteiger partial charge is 0.418 e. The first-order valence-electron chi connectivity index (χ1n) is 12.8. The van der Waals surface area contributed by atoms with E-state index in [2.05, 4.69) is 10.2 Å². The van der Waals surface area contributed by atoms with Crippen molar-refractivity contribution >= 4 is 23.0 Å². The first-order valence-corrected chi connectivity index (χ1v) is 12.8. The molecule has 8 nitrogen and oxygen atoms in total. The average Bonchev–Trinajstić information content (AvgIpc) is 2.92. The maximum atomic E-state index is 13.1. The summed E-state index contributed by atoms with van der Waals surface area (Å²) in [6, 6.07) is 9.64. The summed E-state index contributed by atoms with van der Waals surface area (Å²) in [5.74, 6) is 1.42. The Kier molecular flexibility index (Phi) is 8.76. The van der Waals surface area contributed by atoms with Gasteiger partial charge in [-0.3, -0.25) is 4.79 Å². The first kappa shape index (κ1) is 27.7. The van der Waals surface area contributed by atoms with Crippen molar-refractivity contribution in [3.63, 3.8) is 0 Å². The van der Waals surface area contributed by atoms with Crippen molar-refractivity contribution in [1.82, 2.24) is 4.90 Å². The molecule has 208 valence electrons. The lowest BCUT2D eigenvalue weighted by Gasteiger charge is -2.37. The molecular formula is C27H35F3N4O4. The van der Waals surface area contributed by atoms with Gasteiger partial charge in [-0.15, -0.1) is 0 Å². The molecule has 1 heterocycles. The molecule has 0 radical (unpaired) electrons. The third-order valence-corrected chi connectivity index (χ3v) is 7.21. The molecule has 2 fully saturated rings. The van der Waals surface area contributed by atoms with Crippen molar-refractivity contribution in [2.45, 2.75) is 44.0 Å². The van der Waals surface area contributed by atoms with Gasteiger partial charge in [-0.25, -0.2) is 0 Å². The number of halogens is 3. The monoisotopic (exact) mass is 536 g/mol. The number of nitrogens with one attached hydrogen (secondary N) is 1. The van der Waals surface area contributed by atoms with Crippen LogP contribution >= 0.6 is 0 Å². The van der Waals surface area contributed by atoms with Crippen LogP contribution in [0.25, 0.3) is 0 Å². The van der Waals surface area contributed by atoms with Gasteiger partial charge < -0.3 is 35.1 Å². The summed E-state index contributed by atoms with van der Waals surface area (Å²) >= 11 is 0. The molecule has 1 saturated carbocycles. The number of rotatable bonds is 8. The third kappa shape index (κ3) is 6.75. The van der Waals surface area contributed by atoms with Gasteiger partial charge in [0.25, 0.3) is 0 Å². The Morgan fingerprint density at radius 1 is 1.00 bits per heavy atom. The van der Waals surface area contributed by atoms with Crippen LogP contribution in [0.3, 0.4) is 0 Å². The molecule has 0 unspecified atom stereocenters. The Morgan fingerprint density at radius 3 is 2.34 bits per heavy atom. The molecule has 2 aliphatic rings. The summed E-state index contributed by atoms with van der Waals surface area (Å²) in [6.07, 6.45) is -1.58. The first-order chi connectivity index (χ1) is 18.2. The molecule has 1 saturated heterocycles. The van der Waals surface area contributed by atoms with Gasteiger partial charge in [-0.1, -0.05) is 0 Å². The number of methoxy groups -OCH3 is 2. The average molecular weight is 537 g/mol. The highest BCUT2D eigenvalue weighted by atomic mass is 19.4. The van der Waals surface area contributed by atoms with Gasteiger partial charge in [-0.2, -0.15) is 13.2 Å². The number of anilines is 3. The molecule has 4 rings (SSSR count). The van der Waals surface area contributed by atoms with Crippen molar-refractivity contribution in [1.29, 1.82) is 0 Å². The van der Waals surface area contributed by atoms with Crippen LogP contribution in [-0.2, 0) is 15.7 Å². The number of amides is 1. The Hall–Kier alpha value is -3.34. The Bertz CT molecular complexity index is 1100. The van der Waals surface area contributed by atoms with Crippen LogP contribution in [0.5, 0.6) is 11.5 Å². The minimum Gasteiger partial charge on any atom is -0.497 e. The standard InChI is InChI=1S/C27H35F3N4O4/c1-36-21-8-10-24(25(16-21)37-2)33-11-13-34(14-12-33)26(35)17-38-20-6-3-18(4-7-20)32-19-5-9-23(31)22(15-19)27(28,29)30/h5,8-10,15-16,18,20,32H,3-4,6-7,11-14,17,31H2,1-2H3. The molecule has 2 aromatic rings. The number of nitrogen functional groups attached to an aromatic ring is 1. The molecule has 38 heavy (non-hydrogen) atoms. The summed E-state index contributed by atoms with van der Waals surface area (Å²) < 4.78 is 56.1. The van der Waals surface area contributed by atoms with Crippen LogP contribution in [0, 0.1) is 0 Å². The van der Waals surface area contributed by atoms with Crippen molar-refractivity contribution in [3.05, 3.63) is 42.0 Å². The molecule has 11 heteroatoms. The van der Waals surface area contributed by atoms with Crippen LogP contribution in [0.1, 0.15) is 31.2 Å². The van der Waals surface area contributed by atoms with E-state index in [1.54, 1.807) is 20.3 Å². The van der Waals surface area contributed by atoms with E-state index >= 15 is 0 Å².